The molecule has 0 bridgehead atoms. The van der Waals surface area contributed by atoms with E-state index in [9.17, 15) is 0 Å². The van der Waals surface area contributed by atoms with Crippen LogP contribution in [0.15, 0.2) is 249 Å². The number of aromatic nitrogens is 4. The Morgan fingerprint density at radius 3 is 0.914 bits per heavy atom. The molecule has 5 nitrogen and oxygen atoms in total. The molecule has 0 saturated carbocycles. The Hall–Kier alpha value is -9.06. The summed E-state index contributed by atoms with van der Waals surface area (Å²) in [7, 11) is 0. The molecule has 0 N–H and O–H groups in total. The minimum Gasteiger partial charge on any atom is -0.310 e. The fourth-order valence-corrected chi connectivity index (χ4v) is 9.82. The van der Waals surface area contributed by atoms with Crippen LogP contribution in [-0.4, -0.2) is 19.9 Å². The van der Waals surface area contributed by atoms with E-state index in [1.807, 2.05) is 72.8 Å². The lowest BCUT2D eigenvalue weighted by Crippen LogP contribution is -2.30. The molecule has 0 aliphatic carbocycles. The van der Waals surface area contributed by atoms with Crippen LogP contribution in [0.5, 0.6) is 0 Å². The highest BCUT2D eigenvalue weighted by atomic mass is 15.2. The molecule has 70 heavy (non-hydrogen) atoms. The fraction of sp³-hybridized carbons (Fsp3) is 0.0462. The van der Waals surface area contributed by atoms with E-state index in [2.05, 4.69) is 195 Å². The van der Waals surface area contributed by atoms with Gasteiger partial charge in [0.1, 0.15) is 0 Å². The molecule has 11 aromatic rings. The van der Waals surface area contributed by atoms with E-state index in [1.165, 1.54) is 22.5 Å². The molecule has 3 heterocycles. The summed E-state index contributed by atoms with van der Waals surface area (Å²) < 4.78 is 0. The van der Waals surface area contributed by atoms with Crippen LogP contribution < -0.4 is 4.90 Å². The van der Waals surface area contributed by atoms with Crippen molar-refractivity contribution in [3.05, 3.63) is 260 Å². The Labute approximate surface area is 409 Å². The number of fused-ring (bicyclic) bond motifs is 2. The molecule has 0 fully saturated rings. The first kappa shape index (κ1) is 42.3. The molecule has 0 spiro atoms. The monoisotopic (exact) mass is 897 g/mol. The highest BCUT2D eigenvalue weighted by molar-refractivity contribution is 5.90. The normalized spacial score (nSPS) is 12.5. The van der Waals surface area contributed by atoms with Crippen LogP contribution in [0.3, 0.4) is 0 Å². The first-order valence-electron chi connectivity index (χ1n) is 23.8. The predicted octanol–water partition coefficient (Wildman–Crippen LogP) is 16.7. The maximum atomic E-state index is 5.13. The number of rotatable bonds is 9. The Morgan fingerprint density at radius 2 is 0.571 bits per heavy atom. The summed E-state index contributed by atoms with van der Waals surface area (Å²) in [6.45, 7) is 4.66. The van der Waals surface area contributed by atoms with E-state index in [4.69, 9.17) is 19.9 Å². The molecule has 0 atom stereocenters. The number of hydrogen-bond acceptors (Lipinski definition) is 5. The van der Waals surface area contributed by atoms with Crippen molar-refractivity contribution in [2.75, 3.05) is 4.90 Å². The smallest absolute Gasteiger partial charge is 0.160 e. The van der Waals surface area contributed by atoms with Gasteiger partial charge in [0.25, 0.3) is 0 Å². The summed E-state index contributed by atoms with van der Waals surface area (Å²) in [4.78, 5) is 22.9. The fourth-order valence-electron chi connectivity index (χ4n) is 9.82. The van der Waals surface area contributed by atoms with Crippen LogP contribution in [0.1, 0.15) is 25.0 Å². The lowest BCUT2D eigenvalue weighted by atomic mass is 9.73. The molecular weight excluding hydrogens is 851 g/mol. The van der Waals surface area contributed by atoms with Crippen LogP contribution in [-0.2, 0) is 5.41 Å². The van der Waals surface area contributed by atoms with Gasteiger partial charge in [-0.1, -0.05) is 220 Å². The van der Waals surface area contributed by atoms with Crippen LogP contribution in [0.2, 0.25) is 0 Å². The van der Waals surface area contributed by atoms with Gasteiger partial charge in [-0.15, -0.1) is 0 Å². The van der Waals surface area contributed by atoms with Gasteiger partial charge in [0, 0.05) is 44.5 Å². The quantitative estimate of drug-likeness (QED) is 0.144. The second-order valence-electron chi connectivity index (χ2n) is 18.3. The van der Waals surface area contributed by atoms with Gasteiger partial charge < -0.3 is 4.90 Å². The molecule has 9 aromatic carbocycles. The van der Waals surface area contributed by atoms with Crippen LogP contribution in [0.4, 0.5) is 17.1 Å². The Balaban J connectivity index is 0.978. The molecule has 0 saturated heterocycles. The summed E-state index contributed by atoms with van der Waals surface area (Å²) in [5, 5.41) is 0. The minimum absolute atomic E-state index is 0.184. The molecule has 5 heteroatoms. The van der Waals surface area contributed by atoms with Crippen molar-refractivity contribution in [3.8, 4) is 90.1 Å². The van der Waals surface area contributed by atoms with Gasteiger partial charge in [-0.3, -0.25) is 0 Å². The van der Waals surface area contributed by atoms with Crippen molar-refractivity contribution < 1.29 is 0 Å². The number of nitrogens with zero attached hydrogens (tertiary/aromatic N) is 5. The van der Waals surface area contributed by atoms with Gasteiger partial charge in [0.2, 0.25) is 0 Å². The predicted molar refractivity (Wildman–Crippen MR) is 288 cm³/mol. The van der Waals surface area contributed by atoms with Gasteiger partial charge in [0.05, 0.1) is 34.2 Å². The van der Waals surface area contributed by atoms with E-state index in [0.29, 0.717) is 11.6 Å². The van der Waals surface area contributed by atoms with Crippen molar-refractivity contribution in [2.45, 2.75) is 19.3 Å². The Bertz CT molecular complexity index is 3300. The molecule has 1 aliphatic heterocycles. The maximum Gasteiger partial charge on any atom is 0.160 e. The zero-order chi connectivity index (χ0) is 47.0. The zero-order valence-electron chi connectivity index (χ0n) is 38.9. The van der Waals surface area contributed by atoms with Crippen molar-refractivity contribution in [2.24, 2.45) is 0 Å². The van der Waals surface area contributed by atoms with Crippen molar-refractivity contribution >= 4 is 17.1 Å². The number of benzene rings is 9. The molecule has 12 rings (SSSR count). The molecule has 332 valence electrons. The summed E-state index contributed by atoms with van der Waals surface area (Å²) >= 11 is 0. The van der Waals surface area contributed by atoms with Crippen LogP contribution in [0.25, 0.3) is 90.1 Å². The standard InChI is InChI=1S/C65H47N5/c1-65(2)55-27-15-17-29-61(55)70(62-30-18-16-28-56(62)65)54-40-52(44-31-35-50(36-32-44)63-66-57(46-19-7-3-8-20-46)42-58(67-63)47-21-9-4-10-22-47)39-53(41-54)45-33-37-51(38-34-45)64-68-59(48-23-11-5-12-24-48)43-60(69-64)49-25-13-6-14-26-49/h3-43H,1-2H3. The topological polar surface area (TPSA) is 54.8 Å². The van der Waals surface area contributed by atoms with Crippen molar-refractivity contribution in [1.82, 2.24) is 19.9 Å². The lowest BCUT2D eigenvalue weighted by Gasteiger charge is -2.42. The second-order valence-corrected chi connectivity index (χ2v) is 18.3. The average Bonchev–Trinajstić information content (AvgIpc) is 3.44. The summed E-state index contributed by atoms with van der Waals surface area (Å²) in [6.07, 6.45) is 0. The zero-order valence-corrected chi connectivity index (χ0v) is 38.9. The van der Waals surface area contributed by atoms with E-state index in [0.717, 1.165) is 84.1 Å². The van der Waals surface area contributed by atoms with Crippen molar-refractivity contribution in [1.29, 1.82) is 0 Å². The van der Waals surface area contributed by atoms with Gasteiger partial charge in [0.15, 0.2) is 11.6 Å². The van der Waals surface area contributed by atoms with Crippen LogP contribution >= 0.6 is 0 Å². The number of para-hydroxylation sites is 2. The second kappa shape index (κ2) is 17.9. The Morgan fingerprint density at radius 1 is 0.271 bits per heavy atom. The SMILES string of the molecule is CC1(C)c2ccccc2N(c2cc(-c3ccc(-c4nc(-c5ccccc5)cc(-c5ccccc5)n4)cc3)cc(-c3ccc(-c4nc(-c5ccccc5)cc(-c5ccccc5)n4)cc3)c2)c2ccccc21. The van der Waals surface area contributed by atoms with E-state index in [1.54, 1.807) is 0 Å². The molecule has 0 unspecified atom stereocenters. The highest BCUT2D eigenvalue weighted by Crippen LogP contribution is 2.52. The third-order valence-electron chi connectivity index (χ3n) is 13.5. The third-order valence-corrected chi connectivity index (χ3v) is 13.5. The molecule has 1 aliphatic rings. The minimum atomic E-state index is -0.184. The Kier molecular flexibility index (Phi) is 10.8. The maximum absolute atomic E-state index is 5.13. The van der Waals surface area contributed by atoms with E-state index >= 15 is 0 Å². The summed E-state index contributed by atoms with van der Waals surface area (Å²) in [5.41, 5.74) is 19.8. The van der Waals surface area contributed by atoms with Gasteiger partial charge in [-0.25, -0.2) is 19.9 Å². The molecular formula is C65H47N5. The van der Waals surface area contributed by atoms with Crippen molar-refractivity contribution in [3.63, 3.8) is 0 Å². The molecule has 2 aromatic heterocycles. The van der Waals surface area contributed by atoms with E-state index < -0.39 is 0 Å². The van der Waals surface area contributed by atoms with Crippen LogP contribution in [0, 0.1) is 0 Å². The first-order chi connectivity index (χ1) is 34.4. The summed E-state index contributed by atoms with van der Waals surface area (Å²) in [5.74, 6) is 1.36. The van der Waals surface area contributed by atoms with Gasteiger partial charge in [-0.2, -0.15) is 0 Å². The molecule has 0 amide bonds. The largest absolute Gasteiger partial charge is 0.310 e. The lowest BCUT2D eigenvalue weighted by molar-refractivity contribution is 0.632. The third kappa shape index (κ3) is 8.03. The first-order valence-corrected chi connectivity index (χ1v) is 23.8. The average molecular weight is 898 g/mol. The number of hydrogen-bond donors (Lipinski definition) is 0. The van der Waals surface area contributed by atoms with Gasteiger partial charge >= 0.3 is 0 Å². The molecule has 0 radical (unpaired) electrons. The van der Waals surface area contributed by atoms with E-state index in [-0.39, 0.29) is 5.41 Å². The summed E-state index contributed by atoms with van der Waals surface area (Å²) in [6, 6.07) is 87.5. The highest BCUT2D eigenvalue weighted by Gasteiger charge is 2.36. The number of anilines is 3. The van der Waals surface area contributed by atoms with Gasteiger partial charge in [-0.05, 0) is 75.8 Å².